The molecule has 0 aromatic carbocycles. The zero-order valence-corrected chi connectivity index (χ0v) is 8.44. The van der Waals surface area contributed by atoms with Crippen LogP contribution in [0.5, 0.6) is 0 Å². The first-order chi connectivity index (χ1) is 5.57. The molecule has 0 N–H and O–H groups in total. The summed E-state index contributed by atoms with van der Waals surface area (Å²) in [5.41, 5.74) is 0. The Bertz CT molecular complexity index is 168. The number of esters is 1. The molecule has 0 aliphatic heterocycles. The first-order valence-electron chi connectivity index (χ1n) is 3.74. The number of hydrogen-bond acceptors (Lipinski definition) is 4. The van der Waals surface area contributed by atoms with Gasteiger partial charge in [0, 0.05) is 13.3 Å². The lowest BCUT2D eigenvalue weighted by atomic mass is 10.2. The topological polar surface area (TPSA) is 43.4 Å². The highest BCUT2D eigenvalue weighted by molar-refractivity contribution is 7.98. The monoisotopic (exact) mass is 190 g/mol. The first-order valence-corrected chi connectivity index (χ1v) is 5.14. The van der Waals surface area contributed by atoms with Crippen LogP contribution in [0, 0.1) is 0 Å². The molecule has 0 aliphatic carbocycles. The number of carbonyl (C=O) groups excluding carboxylic acids is 2. The van der Waals surface area contributed by atoms with E-state index in [-0.39, 0.29) is 5.78 Å². The molecule has 3 nitrogen and oxygen atoms in total. The minimum Gasteiger partial charge on any atom is -0.455 e. The summed E-state index contributed by atoms with van der Waals surface area (Å²) < 4.78 is 4.81. The van der Waals surface area contributed by atoms with E-state index < -0.39 is 12.1 Å². The normalized spacial score (nSPS) is 12.2. The quantitative estimate of drug-likeness (QED) is 0.612. The molecule has 0 aliphatic rings. The second-order valence-corrected chi connectivity index (χ2v) is 3.48. The molecule has 0 rings (SSSR count). The summed E-state index contributed by atoms with van der Waals surface area (Å²) in [5, 5.41) is 0. The molecule has 0 amide bonds. The molecule has 0 saturated carbocycles. The van der Waals surface area contributed by atoms with E-state index in [1.807, 2.05) is 6.26 Å². The van der Waals surface area contributed by atoms with Crippen LogP contribution in [-0.4, -0.2) is 29.9 Å². The van der Waals surface area contributed by atoms with Crippen molar-refractivity contribution in [3.05, 3.63) is 0 Å². The lowest BCUT2D eigenvalue weighted by Gasteiger charge is -2.12. The Kier molecular flexibility index (Phi) is 5.80. The molecule has 0 aromatic heterocycles. The Labute approximate surface area is 76.9 Å². The third-order valence-electron chi connectivity index (χ3n) is 1.35. The van der Waals surface area contributed by atoms with E-state index in [0.29, 0.717) is 6.42 Å². The third kappa shape index (κ3) is 5.18. The van der Waals surface area contributed by atoms with Crippen molar-refractivity contribution in [3.8, 4) is 0 Å². The summed E-state index contributed by atoms with van der Waals surface area (Å²) in [5.74, 6) is 0.355. The summed E-state index contributed by atoms with van der Waals surface area (Å²) in [7, 11) is 0. The number of carbonyl (C=O) groups is 2. The first kappa shape index (κ1) is 11.5. The van der Waals surface area contributed by atoms with Gasteiger partial charge in [-0.25, -0.2) is 0 Å². The minimum atomic E-state index is -0.546. The zero-order chi connectivity index (χ0) is 9.56. The van der Waals surface area contributed by atoms with Crippen molar-refractivity contribution >= 4 is 23.5 Å². The van der Waals surface area contributed by atoms with Crippen molar-refractivity contribution in [2.24, 2.45) is 0 Å². The summed E-state index contributed by atoms with van der Waals surface area (Å²) in [4.78, 5) is 21.4. The highest BCUT2D eigenvalue weighted by atomic mass is 32.2. The fourth-order valence-electron chi connectivity index (χ4n) is 0.770. The Morgan fingerprint density at radius 1 is 1.42 bits per heavy atom. The van der Waals surface area contributed by atoms with Gasteiger partial charge in [-0.15, -0.1) is 0 Å². The van der Waals surface area contributed by atoms with E-state index in [9.17, 15) is 9.59 Å². The van der Waals surface area contributed by atoms with Gasteiger partial charge in [0.2, 0.25) is 0 Å². The van der Waals surface area contributed by atoms with E-state index in [2.05, 4.69) is 0 Å². The maximum Gasteiger partial charge on any atom is 0.303 e. The highest BCUT2D eigenvalue weighted by Crippen LogP contribution is 2.05. The SMILES string of the molecule is CSCCC(OC(C)=O)C(C)=O. The maximum absolute atomic E-state index is 10.9. The van der Waals surface area contributed by atoms with Crippen LogP contribution in [0.25, 0.3) is 0 Å². The van der Waals surface area contributed by atoms with E-state index in [1.165, 1.54) is 13.8 Å². The standard InChI is InChI=1S/C8H14O3S/c1-6(9)8(4-5-12-3)11-7(2)10/h8H,4-5H2,1-3H3. The van der Waals surface area contributed by atoms with Gasteiger partial charge in [0.05, 0.1) is 0 Å². The number of rotatable bonds is 5. The van der Waals surface area contributed by atoms with E-state index in [4.69, 9.17) is 4.74 Å². The van der Waals surface area contributed by atoms with Gasteiger partial charge in [0.15, 0.2) is 11.9 Å². The second-order valence-electron chi connectivity index (χ2n) is 2.49. The van der Waals surface area contributed by atoms with Gasteiger partial charge in [0.25, 0.3) is 0 Å². The lowest BCUT2D eigenvalue weighted by Crippen LogP contribution is -2.24. The van der Waals surface area contributed by atoms with Gasteiger partial charge >= 0.3 is 5.97 Å². The van der Waals surface area contributed by atoms with Crippen molar-refractivity contribution in [2.75, 3.05) is 12.0 Å². The summed E-state index contributed by atoms with van der Waals surface area (Å²) in [6.45, 7) is 2.75. The Hall–Kier alpha value is -0.510. The fraction of sp³-hybridized carbons (Fsp3) is 0.750. The number of ether oxygens (including phenoxy) is 1. The Morgan fingerprint density at radius 3 is 2.33 bits per heavy atom. The Morgan fingerprint density at radius 2 is 2.00 bits per heavy atom. The Balaban J connectivity index is 3.87. The molecule has 0 aromatic rings. The van der Waals surface area contributed by atoms with Crippen LogP contribution >= 0.6 is 11.8 Å². The van der Waals surface area contributed by atoms with E-state index in [0.717, 1.165) is 5.75 Å². The smallest absolute Gasteiger partial charge is 0.303 e. The molecule has 0 saturated heterocycles. The molecule has 0 bridgehead atoms. The van der Waals surface area contributed by atoms with Gasteiger partial charge < -0.3 is 4.74 Å². The van der Waals surface area contributed by atoms with Crippen molar-refractivity contribution in [1.82, 2.24) is 0 Å². The predicted octanol–water partition coefficient (Wildman–Crippen LogP) is 1.26. The molecule has 0 radical (unpaired) electrons. The molecular weight excluding hydrogens is 176 g/mol. The molecular formula is C8H14O3S. The molecule has 1 atom stereocenters. The molecule has 0 fully saturated rings. The molecule has 0 heterocycles. The average molecular weight is 190 g/mol. The molecule has 70 valence electrons. The predicted molar refractivity (Wildman–Crippen MR) is 49.2 cm³/mol. The van der Waals surface area contributed by atoms with Gasteiger partial charge in [-0.2, -0.15) is 11.8 Å². The van der Waals surface area contributed by atoms with Crippen LogP contribution in [0.4, 0.5) is 0 Å². The third-order valence-corrected chi connectivity index (χ3v) is 1.99. The van der Waals surface area contributed by atoms with E-state index in [1.54, 1.807) is 11.8 Å². The molecule has 4 heteroatoms. The van der Waals surface area contributed by atoms with Gasteiger partial charge in [-0.3, -0.25) is 9.59 Å². The van der Waals surface area contributed by atoms with Crippen LogP contribution in [-0.2, 0) is 14.3 Å². The highest BCUT2D eigenvalue weighted by Gasteiger charge is 2.16. The van der Waals surface area contributed by atoms with Crippen LogP contribution in [0.1, 0.15) is 20.3 Å². The second kappa shape index (κ2) is 6.06. The summed E-state index contributed by atoms with van der Waals surface area (Å²) in [6.07, 6.45) is 2.01. The van der Waals surface area contributed by atoms with Crippen molar-refractivity contribution in [2.45, 2.75) is 26.4 Å². The molecule has 12 heavy (non-hydrogen) atoms. The molecule has 0 spiro atoms. The van der Waals surface area contributed by atoms with E-state index >= 15 is 0 Å². The zero-order valence-electron chi connectivity index (χ0n) is 7.62. The minimum absolute atomic E-state index is 0.0840. The fourth-order valence-corrected chi connectivity index (χ4v) is 1.22. The van der Waals surface area contributed by atoms with Crippen LogP contribution in [0.3, 0.4) is 0 Å². The van der Waals surface area contributed by atoms with Gasteiger partial charge in [0.1, 0.15) is 0 Å². The largest absolute Gasteiger partial charge is 0.455 e. The molecule has 1 unspecified atom stereocenters. The lowest BCUT2D eigenvalue weighted by molar-refractivity contribution is -0.152. The summed E-state index contributed by atoms with van der Waals surface area (Å²) in [6, 6.07) is 0. The number of thioether (sulfide) groups is 1. The number of hydrogen-bond donors (Lipinski definition) is 0. The van der Waals surface area contributed by atoms with Gasteiger partial charge in [-0.05, 0) is 18.9 Å². The van der Waals surface area contributed by atoms with Crippen molar-refractivity contribution in [1.29, 1.82) is 0 Å². The maximum atomic E-state index is 10.9. The van der Waals surface area contributed by atoms with Crippen LogP contribution in [0.15, 0.2) is 0 Å². The van der Waals surface area contributed by atoms with Crippen molar-refractivity contribution < 1.29 is 14.3 Å². The number of ketones is 1. The summed E-state index contributed by atoms with van der Waals surface area (Å²) >= 11 is 1.63. The van der Waals surface area contributed by atoms with Crippen molar-refractivity contribution in [3.63, 3.8) is 0 Å². The number of Topliss-reactive ketones (excluding diaryl/α,β-unsaturated/α-hetero) is 1. The van der Waals surface area contributed by atoms with Gasteiger partial charge in [-0.1, -0.05) is 0 Å². The van der Waals surface area contributed by atoms with Crippen LogP contribution < -0.4 is 0 Å². The van der Waals surface area contributed by atoms with Crippen LogP contribution in [0.2, 0.25) is 0 Å². The average Bonchev–Trinajstić information content (AvgIpc) is 1.96.